The van der Waals surface area contributed by atoms with Crippen LogP contribution in [0, 0.1) is 5.92 Å². The Kier molecular flexibility index (Phi) is 8.58. The minimum Gasteiger partial charge on any atom is -0.488 e. The Balaban J connectivity index is 3.05. The number of aromatic nitrogens is 1. The second-order valence-electron chi connectivity index (χ2n) is 5.95. The molecule has 0 spiro atoms. The van der Waals surface area contributed by atoms with Gasteiger partial charge in [0.2, 0.25) is 0 Å². The van der Waals surface area contributed by atoms with E-state index in [9.17, 15) is 26.7 Å². The fourth-order valence-corrected chi connectivity index (χ4v) is 3.26. The molecule has 0 aliphatic heterocycles. The lowest BCUT2D eigenvalue weighted by atomic mass is 9.95. The van der Waals surface area contributed by atoms with Crippen LogP contribution in [0.5, 0.6) is 5.75 Å². The number of carbonyl (C=O) groups excluding carboxylic acids is 1. The molecule has 0 radical (unpaired) electrons. The highest BCUT2D eigenvalue weighted by atomic mass is 127. The van der Waals surface area contributed by atoms with Crippen molar-refractivity contribution in [3.63, 3.8) is 0 Å². The van der Waals surface area contributed by atoms with E-state index in [4.69, 9.17) is 10.5 Å². The Morgan fingerprint density at radius 3 is 2.32 bits per heavy atom. The van der Waals surface area contributed by atoms with Crippen LogP contribution in [0.1, 0.15) is 26.0 Å². The highest BCUT2D eigenvalue weighted by Crippen LogP contribution is 2.49. The van der Waals surface area contributed by atoms with Crippen molar-refractivity contribution in [3.8, 4) is 5.75 Å². The zero-order valence-electron chi connectivity index (χ0n) is 14.9. The lowest BCUT2D eigenvalue weighted by Gasteiger charge is -2.36. The monoisotopic (exact) mass is 540 g/mol. The van der Waals surface area contributed by atoms with Crippen LogP contribution >= 0.6 is 32.2 Å². The molecule has 0 saturated heterocycles. The van der Waals surface area contributed by atoms with Crippen molar-refractivity contribution in [1.29, 1.82) is 0 Å². The lowest BCUT2D eigenvalue weighted by Crippen LogP contribution is -2.60. The molecule has 0 fully saturated rings. The molecule has 12 heteroatoms. The van der Waals surface area contributed by atoms with E-state index in [1.54, 1.807) is 6.92 Å². The van der Waals surface area contributed by atoms with Crippen LogP contribution in [0.25, 0.3) is 5.57 Å². The minimum atomic E-state index is -5.41. The van der Waals surface area contributed by atoms with Gasteiger partial charge >= 0.3 is 11.8 Å². The summed E-state index contributed by atoms with van der Waals surface area (Å²) in [6.07, 6.45) is -2.73. The first-order valence-electron chi connectivity index (χ1n) is 7.93. The van der Waals surface area contributed by atoms with Crippen LogP contribution in [0.15, 0.2) is 24.5 Å². The topological polar surface area (TPSA) is 74.4 Å². The van der Waals surface area contributed by atoms with Gasteiger partial charge in [0.1, 0.15) is 35.4 Å². The van der Waals surface area contributed by atoms with Crippen LogP contribution in [0.2, 0.25) is 0 Å². The van der Waals surface area contributed by atoms with Gasteiger partial charge in [-0.15, -0.1) is 0 Å². The SMILES string of the molecule is CCC(C)C(=O)C(=CN)c1ccc(OCC(OI)(C(F)(F)F)C(F)(F)P)cn1. The predicted molar refractivity (Wildman–Crippen MR) is 105 cm³/mol. The predicted octanol–water partition coefficient (Wildman–Crippen LogP) is 4.51. The fraction of sp³-hybridized carbons (Fsp3) is 0.500. The van der Waals surface area contributed by atoms with Crippen LogP contribution in [0.3, 0.4) is 0 Å². The van der Waals surface area contributed by atoms with Gasteiger partial charge in [-0.1, -0.05) is 23.1 Å². The molecule has 1 aromatic heterocycles. The van der Waals surface area contributed by atoms with Gasteiger partial charge in [0, 0.05) is 12.1 Å². The van der Waals surface area contributed by atoms with E-state index >= 15 is 0 Å². The Bertz CT molecular complexity index is 694. The lowest BCUT2D eigenvalue weighted by molar-refractivity contribution is -0.293. The van der Waals surface area contributed by atoms with E-state index in [1.165, 1.54) is 12.1 Å². The van der Waals surface area contributed by atoms with Gasteiger partial charge in [-0.05, 0) is 18.6 Å². The van der Waals surface area contributed by atoms with Crippen molar-refractivity contribution in [2.75, 3.05) is 6.61 Å². The van der Waals surface area contributed by atoms with Gasteiger partial charge in [0.15, 0.2) is 5.78 Å². The van der Waals surface area contributed by atoms with Gasteiger partial charge in [-0.25, -0.2) is 0 Å². The first-order valence-corrected chi connectivity index (χ1v) is 9.39. The maximum absolute atomic E-state index is 13.6. The number of nitrogens with two attached hydrogens (primary N) is 1. The fourth-order valence-electron chi connectivity index (χ4n) is 2.04. The normalized spacial score (nSPS) is 16.4. The average Bonchev–Trinajstić information content (AvgIpc) is 2.61. The molecular formula is C16H19F5IN2O3P. The van der Waals surface area contributed by atoms with Crippen molar-refractivity contribution < 1.29 is 34.5 Å². The van der Waals surface area contributed by atoms with Gasteiger partial charge in [0.25, 0.3) is 5.60 Å². The molecule has 0 saturated carbocycles. The first-order chi connectivity index (χ1) is 12.8. The number of carbonyl (C=O) groups is 1. The quantitative estimate of drug-likeness (QED) is 0.216. The maximum Gasteiger partial charge on any atom is 0.428 e. The highest BCUT2D eigenvalue weighted by molar-refractivity contribution is 14.1. The molecule has 28 heavy (non-hydrogen) atoms. The number of ether oxygens (including phenoxy) is 1. The zero-order chi connectivity index (χ0) is 21.8. The van der Waals surface area contributed by atoms with E-state index in [-0.39, 0.29) is 28.7 Å². The Morgan fingerprint density at radius 1 is 1.36 bits per heavy atom. The average molecular weight is 540 g/mol. The minimum absolute atomic E-state index is 0.137. The summed E-state index contributed by atoms with van der Waals surface area (Å²) in [4.78, 5) is 16.2. The zero-order valence-corrected chi connectivity index (χ0v) is 18.2. The smallest absolute Gasteiger partial charge is 0.428 e. The van der Waals surface area contributed by atoms with Crippen LogP contribution in [-0.2, 0) is 7.86 Å². The second kappa shape index (κ2) is 9.62. The Hall–Kier alpha value is -1.07. The van der Waals surface area contributed by atoms with E-state index < -0.39 is 24.0 Å². The number of hydrogen-bond acceptors (Lipinski definition) is 5. The van der Waals surface area contributed by atoms with E-state index in [0.717, 1.165) is 44.6 Å². The molecule has 1 aromatic rings. The molecule has 0 bridgehead atoms. The van der Waals surface area contributed by atoms with Crippen molar-refractivity contribution in [1.82, 2.24) is 4.98 Å². The molecule has 0 aliphatic rings. The van der Waals surface area contributed by atoms with Gasteiger partial charge in [0.05, 0.1) is 17.5 Å². The molecule has 3 atom stereocenters. The van der Waals surface area contributed by atoms with Gasteiger partial charge < -0.3 is 10.5 Å². The molecule has 2 N–H and O–H groups in total. The molecule has 5 nitrogen and oxygen atoms in total. The standard InChI is InChI=1S/C16H19F5IN2O3P/c1-3-9(2)13(25)11(6-23)12-5-4-10(7-24-12)26-8-14(27-22,15(17,18)19)16(20,21)28/h4-7,9H,3,8,23,28H2,1-2H3. The van der Waals surface area contributed by atoms with Crippen molar-refractivity contribution >= 4 is 43.6 Å². The molecule has 0 aliphatic carbocycles. The molecule has 1 rings (SSSR count). The first kappa shape index (κ1) is 25.0. The largest absolute Gasteiger partial charge is 0.488 e. The summed E-state index contributed by atoms with van der Waals surface area (Å²) < 4.78 is 75.8. The molecule has 0 amide bonds. The van der Waals surface area contributed by atoms with Gasteiger partial charge in [-0.2, -0.15) is 22.0 Å². The summed E-state index contributed by atoms with van der Waals surface area (Å²) in [5.74, 6) is -0.763. The van der Waals surface area contributed by atoms with E-state index in [0.29, 0.717) is 6.42 Å². The number of alkyl halides is 5. The molecule has 158 valence electrons. The van der Waals surface area contributed by atoms with Crippen molar-refractivity contribution in [3.05, 3.63) is 30.2 Å². The number of allylic oxidation sites excluding steroid dienone is 1. The number of nitrogens with zero attached hydrogens (tertiary/aromatic N) is 1. The molecular weight excluding hydrogens is 521 g/mol. The summed E-state index contributed by atoms with van der Waals surface area (Å²) in [6.45, 7) is 2.03. The summed E-state index contributed by atoms with van der Waals surface area (Å²) in [7, 11) is 0.816. The van der Waals surface area contributed by atoms with E-state index in [2.05, 4.69) is 8.05 Å². The van der Waals surface area contributed by atoms with Crippen LogP contribution < -0.4 is 10.5 Å². The molecule has 1 heterocycles. The van der Waals surface area contributed by atoms with Crippen molar-refractivity contribution in [2.24, 2.45) is 11.7 Å². The number of rotatable bonds is 9. The number of Topliss-reactive ketones (excluding diaryl/α,β-unsaturated/α-hetero) is 1. The second-order valence-corrected chi connectivity index (χ2v) is 7.11. The summed E-state index contributed by atoms with van der Waals surface area (Å²) in [6, 6.07) is 2.50. The summed E-state index contributed by atoms with van der Waals surface area (Å²) in [5.41, 5.74) is -2.42. The number of pyridine rings is 1. The Morgan fingerprint density at radius 2 is 1.96 bits per heavy atom. The van der Waals surface area contributed by atoms with Crippen molar-refractivity contribution in [2.45, 2.75) is 37.7 Å². The molecule has 0 aromatic carbocycles. The van der Waals surface area contributed by atoms with E-state index in [1.807, 2.05) is 6.92 Å². The number of ketones is 1. The maximum atomic E-state index is 13.6. The number of hydrogen-bond donors (Lipinski definition) is 1. The third-order valence-electron chi connectivity index (χ3n) is 4.07. The summed E-state index contributed by atoms with van der Waals surface area (Å²) in [5, 5.41) is 0. The number of halogens is 6. The third kappa shape index (κ3) is 5.29. The van der Waals surface area contributed by atoms with Crippen LogP contribution in [-0.4, -0.2) is 34.8 Å². The Labute approximate surface area is 175 Å². The third-order valence-corrected chi connectivity index (χ3v) is 5.29. The summed E-state index contributed by atoms with van der Waals surface area (Å²) >= 11 is 0.763. The molecule has 3 unspecified atom stereocenters. The van der Waals surface area contributed by atoms with Gasteiger partial charge in [-0.3, -0.25) is 12.8 Å². The van der Waals surface area contributed by atoms with Crippen LogP contribution in [0.4, 0.5) is 22.0 Å². The highest BCUT2D eigenvalue weighted by Gasteiger charge is 2.70.